The lowest BCUT2D eigenvalue weighted by Crippen LogP contribution is -2.45. The molecule has 0 bridgehead atoms. The van der Waals surface area contributed by atoms with Gasteiger partial charge < -0.3 is 4.90 Å². The third kappa shape index (κ3) is 3.89. The highest BCUT2D eigenvalue weighted by atomic mass is 32.2. The van der Waals surface area contributed by atoms with Crippen molar-refractivity contribution in [3.05, 3.63) is 0 Å². The number of carbonyl (C=O) groups excluding carboxylic acids is 3. The van der Waals surface area contributed by atoms with Gasteiger partial charge in [0.1, 0.15) is 0 Å². The fourth-order valence-corrected chi connectivity index (χ4v) is 4.33. The van der Waals surface area contributed by atoms with Crippen LogP contribution in [-0.2, 0) is 24.4 Å². The van der Waals surface area contributed by atoms with Crippen molar-refractivity contribution in [2.24, 2.45) is 0 Å². The zero-order valence-electron chi connectivity index (χ0n) is 12.9. The highest BCUT2D eigenvalue weighted by Gasteiger charge is 2.40. The van der Waals surface area contributed by atoms with E-state index in [2.05, 4.69) is 4.72 Å². The monoisotopic (exact) mass is 343 g/mol. The van der Waals surface area contributed by atoms with Gasteiger partial charge in [-0.2, -0.15) is 0 Å². The lowest BCUT2D eigenvalue weighted by molar-refractivity contribution is -0.147. The summed E-state index contributed by atoms with van der Waals surface area (Å²) in [4.78, 5) is 37.9. The van der Waals surface area contributed by atoms with Gasteiger partial charge in [0.25, 0.3) is 0 Å². The molecule has 1 atom stereocenters. The summed E-state index contributed by atoms with van der Waals surface area (Å²) >= 11 is 0. The molecule has 3 amide bonds. The van der Waals surface area contributed by atoms with E-state index in [4.69, 9.17) is 0 Å². The molecule has 0 aromatic rings. The zero-order chi connectivity index (χ0) is 16.6. The summed E-state index contributed by atoms with van der Waals surface area (Å²) in [5.41, 5.74) is 0. The number of hydrogen-bond donors (Lipinski definition) is 1. The van der Waals surface area contributed by atoms with Crippen molar-refractivity contribution in [2.45, 2.75) is 50.6 Å². The minimum Gasteiger partial charge on any atom is -0.338 e. The minimum atomic E-state index is -3.64. The lowest BCUT2D eigenvalue weighted by atomic mass is 10.1. The molecule has 1 aliphatic carbocycles. The van der Waals surface area contributed by atoms with E-state index in [0.717, 1.165) is 17.7 Å². The third-order valence-corrected chi connectivity index (χ3v) is 5.87. The summed E-state index contributed by atoms with van der Waals surface area (Å²) in [7, 11) is -3.64. The lowest BCUT2D eigenvalue weighted by Gasteiger charge is -2.25. The number of nitrogens with zero attached hydrogens (tertiary/aromatic N) is 2. The molecule has 0 aromatic carbocycles. The van der Waals surface area contributed by atoms with Crippen LogP contribution in [0.3, 0.4) is 0 Å². The molecule has 0 spiro atoms. The molecule has 3 fully saturated rings. The van der Waals surface area contributed by atoms with Gasteiger partial charge in [-0.1, -0.05) is 0 Å². The predicted molar refractivity (Wildman–Crippen MR) is 80.6 cm³/mol. The SMILES string of the molecule is O=C1CCCC(=O)N1CCS(=O)(=O)N[C@@H]1CC(=O)N(C2CC2)C1. The van der Waals surface area contributed by atoms with Crippen LogP contribution >= 0.6 is 0 Å². The Morgan fingerprint density at radius 2 is 1.70 bits per heavy atom. The highest BCUT2D eigenvalue weighted by molar-refractivity contribution is 7.89. The predicted octanol–water partition coefficient (Wildman–Crippen LogP) is -0.792. The summed E-state index contributed by atoms with van der Waals surface area (Å²) in [5.74, 6) is -0.958. The first-order valence-corrected chi connectivity index (χ1v) is 9.63. The van der Waals surface area contributed by atoms with Crippen LogP contribution in [0.5, 0.6) is 0 Å². The number of nitrogens with one attached hydrogen (secondary N) is 1. The van der Waals surface area contributed by atoms with Gasteiger partial charge >= 0.3 is 0 Å². The van der Waals surface area contributed by atoms with E-state index < -0.39 is 16.1 Å². The van der Waals surface area contributed by atoms with Gasteiger partial charge in [0.05, 0.1) is 5.75 Å². The van der Waals surface area contributed by atoms with E-state index in [1.165, 1.54) is 0 Å². The maximum absolute atomic E-state index is 12.2. The topological polar surface area (TPSA) is 104 Å². The molecule has 2 aliphatic heterocycles. The average molecular weight is 343 g/mol. The van der Waals surface area contributed by atoms with Gasteiger partial charge in [0.15, 0.2) is 0 Å². The maximum atomic E-state index is 12.2. The number of imide groups is 1. The van der Waals surface area contributed by atoms with Crippen LogP contribution in [-0.4, -0.2) is 66.9 Å². The molecule has 0 aromatic heterocycles. The summed E-state index contributed by atoms with van der Waals surface area (Å²) in [6.07, 6.45) is 3.26. The number of amides is 3. The summed E-state index contributed by atoms with van der Waals surface area (Å²) in [5, 5.41) is 0. The van der Waals surface area contributed by atoms with Crippen molar-refractivity contribution >= 4 is 27.7 Å². The van der Waals surface area contributed by atoms with Crippen LogP contribution in [0, 0.1) is 0 Å². The largest absolute Gasteiger partial charge is 0.338 e. The molecule has 3 rings (SSSR count). The fraction of sp³-hybridized carbons (Fsp3) is 0.786. The van der Waals surface area contributed by atoms with Gasteiger partial charge in [-0.25, -0.2) is 13.1 Å². The molecule has 23 heavy (non-hydrogen) atoms. The van der Waals surface area contributed by atoms with Crippen LogP contribution in [0.25, 0.3) is 0 Å². The first-order chi connectivity index (χ1) is 10.9. The van der Waals surface area contributed by atoms with Crippen molar-refractivity contribution in [3.8, 4) is 0 Å². The molecule has 2 heterocycles. The molecular weight excluding hydrogens is 322 g/mol. The van der Waals surface area contributed by atoms with Crippen LogP contribution < -0.4 is 4.72 Å². The standard InChI is InChI=1S/C14H21N3O5S/c18-12-2-1-3-13(19)16(12)6-7-23(21,22)15-10-8-14(20)17(9-10)11-4-5-11/h10-11,15H,1-9H2/t10-/m1/s1. The van der Waals surface area contributed by atoms with E-state index in [1.54, 1.807) is 4.90 Å². The van der Waals surface area contributed by atoms with E-state index >= 15 is 0 Å². The Kier molecular flexibility index (Phi) is 4.41. The molecule has 2 saturated heterocycles. The highest BCUT2D eigenvalue weighted by Crippen LogP contribution is 2.30. The van der Waals surface area contributed by atoms with E-state index in [-0.39, 0.29) is 55.3 Å². The van der Waals surface area contributed by atoms with Gasteiger partial charge in [0, 0.05) is 44.4 Å². The molecule has 3 aliphatic rings. The van der Waals surface area contributed by atoms with Gasteiger partial charge in [-0.05, 0) is 19.3 Å². The second kappa shape index (κ2) is 6.20. The number of carbonyl (C=O) groups is 3. The molecule has 0 radical (unpaired) electrons. The van der Waals surface area contributed by atoms with Gasteiger partial charge in [0.2, 0.25) is 27.7 Å². The molecule has 9 heteroatoms. The Hall–Kier alpha value is -1.48. The number of piperidine rings is 1. The number of hydrogen-bond acceptors (Lipinski definition) is 5. The van der Waals surface area contributed by atoms with Crippen LogP contribution in [0.15, 0.2) is 0 Å². The van der Waals surface area contributed by atoms with Crippen molar-refractivity contribution in [1.29, 1.82) is 0 Å². The van der Waals surface area contributed by atoms with E-state index in [0.29, 0.717) is 13.0 Å². The first kappa shape index (κ1) is 16.4. The molecular formula is C14H21N3O5S. The number of sulfonamides is 1. The van der Waals surface area contributed by atoms with Crippen molar-refractivity contribution < 1.29 is 22.8 Å². The minimum absolute atomic E-state index is 0.0124. The van der Waals surface area contributed by atoms with Crippen molar-refractivity contribution in [3.63, 3.8) is 0 Å². The van der Waals surface area contributed by atoms with E-state index in [1.807, 2.05) is 0 Å². The van der Waals surface area contributed by atoms with Gasteiger partial charge in [-0.3, -0.25) is 19.3 Å². The molecule has 128 valence electrons. The Labute approximate surface area is 135 Å². The number of likely N-dealkylation sites (tertiary alicyclic amines) is 2. The fourth-order valence-electron chi connectivity index (χ4n) is 3.12. The third-order valence-electron chi connectivity index (χ3n) is 4.46. The van der Waals surface area contributed by atoms with Crippen molar-refractivity contribution in [2.75, 3.05) is 18.8 Å². The van der Waals surface area contributed by atoms with Gasteiger partial charge in [-0.15, -0.1) is 0 Å². The Morgan fingerprint density at radius 3 is 2.30 bits per heavy atom. The second-order valence-electron chi connectivity index (χ2n) is 6.41. The van der Waals surface area contributed by atoms with E-state index in [9.17, 15) is 22.8 Å². The summed E-state index contributed by atoms with van der Waals surface area (Å²) in [6, 6.07) is -0.138. The maximum Gasteiger partial charge on any atom is 0.229 e. The first-order valence-electron chi connectivity index (χ1n) is 7.98. The van der Waals surface area contributed by atoms with Crippen LogP contribution in [0.2, 0.25) is 0 Å². The molecule has 8 nitrogen and oxygen atoms in total. The molecule has 1 N–H and O–H groups in total. The smallest absolute Gasteiger partial charge is 0.229 e. The Balaban J connectivity index is 1.52. The normalized spacial score (nSPS) is 26.3. The van der Waals surface area contributed by atoms with Crippen LogP contribution in [0.1, 0.15) is 38.5 Å². The van der Waals surface area contributed by atoms with Crippen LogP contribution in [0.4, 0.5) is 0 Å². The molecule has 0 unspecified atom stereocenters. The summed E-state index contributed by atoms with van der Waals surface area (Å²) in [6.45, 7) is 0.282. The zero-order valence-corrected chi connectivity index (χ0v) is 13.7. The Morgan fingerprint density at radius 1 is 1.04 bits per heavy atom. The summed E-state index contributed by atoms with van der Waals surface area (Å²) < 4.78 is 26.8. The van der Waals surface area contributed by atoms with Crippen molar-refractivity contribution in [1.82, 2.24) is 14.5 Å². The number of rotatable bonds is 6. The average Bonchev–Trinajstić information content (AvgIpc) is 3.22. The molecule has 1 saturated carbocycles. The Bertz CT molecular complexity index is 612. The quantitative estimate of drug-likeness (QED) is 0.637. The second-order valence-corrected chi connectivity index (χ2v) is 8.28.